The van der Waals surface area contributed by atoms with Gasteiger partial charge in [0.25, 0.3) is 0 Å². The van der Waals surface area contributed by atoms with Gasteiger partial charge in [-0.2, -0.15) is 11.8 Å². The van der Waals surface area contributed by atoms with Crippen LogP contribution in [0, 0.1) is 10.1 Å². The quantitative estimate of drug-likeness (QED) is 0.413. The average molecular weight is 215 g/mol. The first kappa shape index (κ1) is 11.0. The zero-order valence-corrected chi connectivity index (χ0v) is 8.87. The molecule has 0 aliphatic heterocycles. The van der Waals surface area contributed by atoms with Crippen LogP contribution in [0.25, 0.3) is 0 Å². The van der Waals surface area contributed by atoms with Gasteiger partial charge in [0.15, 0.2) is 6.33 Å². The molecule has 0 aliphatic rings. The highest BCUT2D eigenvalue weighted by atomic mass is 32.2. The fraction of sp³-hybridized carbons (Fsp3) is 0.625. The van der Waals surface area contributed by atoms with E-state index >= 15 is 0 Å². The Kier molecular flexibility index (Phi) is 4.45. The Morgan fingerprint density at radius 1 is 1.71 bits per heavy atom. The van der Waals surface area contributed by atoms with Gasteiger partial charge < -0.3 is 10.1 Å². The molecule has 0 unspecified atom stereocenters. The van der Waals surface area contributed by atoms with Gasteiger partial charge in [-0.15, -0.1) is 0 Å². The maximum atomic E-state index is 10.5. The molecular weight excluding hydrogens is 202 g/mol. The minimum absolute atomic E-state index is 0.0755. The van der Waals surface area contributed by atoms with E-state index < -0.39 is 4.92 Å². The van der Waals surface area contributed by atoms with Gasteiger partial charge in [-0.3, -0.25) is 0 Å². The first-order chi connectivity index (χ1) is 6.75. The summed E-state index contributed by atoms with van der Waals surface area (Å²) >= 11 is 1.84. The lowest BCUT2D eigenvalue weighted by atomic mass is 10.5. The third-order valence-electron chi connectivity index (χ3n) is 1.77. The van der Waals surface area contributed by atoms with Crippen molar-refractivity contribution < 1.29 is 4.92 Å². The second-order valence-corrected chi connectivity index (χ2v) is 4.15. The fourth-order valence-electron chi connectivity index (χ4n) is 1.12. The van der Waals surface area contributed by atoms with Gasteiger partial charge in [0.1, 0.15) is 6.20 Å². The highest BCUT2D eigenvalue weighted by Crippen LogP contribution is 2.11. The molecule has 78 valence electrons. The number of hydrogen-bond acceptors (Lipinski definition) is 4. The van der Waals surface area contributed by atoms with Gasteiger partial charge >= 0.3 is 5.82 Å². The van der Waals surface area contributed by atoms with Crippen LogP contribution in [0.3, 0.4) is 0 Å². The van der Waals surface area contributed by atoms with E-state index in [1.54, 1.807) is 4.57 Å². The average Bonchev–Trinajstić information content (AvgIpc) is 2.60. The Bertz CT molecular complexity index is 301. The summed E-state index contributed by atoms with van der Waals surface area (Å²) in [7, 11) is 0. The Balaban J connectivity index is 2.42. The first-order valence-corrected chi connectivity index (χ1v) is 5.63. The van der Waals surface area contributed by atoms with Gasteiger partial charge in [-0.1, -0.05) is 6.92 Å². The topological polar surface area (TPSA) is 61.0 Å². The molecule has 0 radical (unpaired) electrons. The van der Waals surface area contributed by atoms with Crippen LogP contribution in [0.15, 0.2) is 12.5 Å². The van der Waals surface area contributed by atoms with Crippen LogP contribution in [0.2, 0.25) is 0 Å². The summed E-state index contributed by atoms with van der Waals surface area (Å²) in [5.74, 6) is 2.20. The number of rotatable bonds is 6. The molecule has 1 aromatic rings. The monoisotopic (exact) mass is 215 g/mol. The van der Waals surface area contributed by atoms with Crippen molar-refractivity contribution in [2.75, 3.05) is 11.5 Å². The number of aromatic nitrogens is 2. The second kappa shape index (κ2) is 5.64. The predicted molar refractivity (Wildman–Crippen MR) is 56.5 cm³/mol. The smallest absolute Gasteiger partial charge is 0.342 e. The van der Waals surface area contributed by atoms with Crippen LogP contribution in [-0.2, 0) is 6.54 Å². The van der Waals surface area contributed by atoms with Crippen LogP contribution >= 0.6 is 11.8 Å². The summed E-state index contributed by atoms with van der Waals surface area (Å²) in [6, 6.07) is 0. The van der Waals surface area contributed by atoms with Crippen LogP contribution in [0.5, 0.6) is 0 Å². The lowest BCUT2D eigenvalue weighted by Gasteiger charge is -1.99. The highest BCUT2D eigenvalue weighted by Gasteiger charge is 2.11. The fourth-order valence-corrected chi connectivity index (χ4v) is 1.74. The maximum absolute atomic E-state index is 10.5. The SMILES string of the molecule is CCSCCCn1cncc1[N+](=O)[O-]. The van der Waals surface area contributed by atoms with E-state index in [9.17, 15) is 10.1 Å². The molecule has 0 N–H and O–H groups in total. The highest BCUT2D eigenvalue weighted by molar-refractivity contribution is 7.99. The molecule has 14 heavy (non-hydrogen) atoms. The van der Waals surface area contributed by atoms with Crippen LogP contribution in [-0.4, -0.2) is 26.0 Å². The zero-order chi connectivity index (χ0) is 10.4. The number of hydrogen-bond donors (Lipinski definition) is 0. The molecule has 0 amide bonds. The predicted octanol–water partition coefficient (Wildman–Crippen LogP) is 1.93. The molecule has 0 aromatic carbocycles. The summed E-state index contributed by atoms with van der Waals surface area (Å²) in [6.45, 7) is 2.77. The molecule has 1 rings (SSSR count). The van der Waals surface area contributed by atoms with E-state index in [1.807, 2.05) is 11.8 Å². The van der Waals surface area contributed by atoms with E-state index in [4.69, 9.17) is 0 Å². The van der Waals surface area contributed by atoms with Crippen molar-refractivity contribution in [2.24, 2.45) is 0 Å². The van der Waals surface area contributed by atoms with Gasteiger partial charge in [0.05, 0.1) is 6.54 Å². The molecule has 0 bridgehead atoms. The number of nitrogens with zero attached hydrogens (tertiary/aromatic N) is 3. The molecule has 0 spiro atoms. The van der Waals surface area contributed by atoms with Crippen molar-refractivity contribution in [1.29, 1.82) is 0 Å². The van der Waals surface area contributed by atoms with E-state index in [0.717, 1.165) is 17.9 Å². The minimum Gasteiger partial charge on any atom is -0.358 e. The minimum atomic E-state index is -0.403. The van der Waals surface area contributed by atoms with E-state index in [-0.39, 0.29) is 5.82 Å². The number of thioether (sulfide) groups is 1. The summed E-state index contributed by atoms with van der Waals surface area (Å²) < 4.78 is 1.58. The third-order valence-corrected chi connectivity index (χ3v) is 2.75. The Morgan fingerprint density at radius 3 is 3.14 bits per heavy atom. The van der Waals surface area contributed by atoms with Gasteiger partial charge in [-0.05, 0) is 22.8 Å². The molecule has 0 saturated carbocycles. The lowest BCUT2D eigenvalue weighted by Crippen LogP contribution is -2.02. The molecule has 5 nitrogen and oxygen atoms in total. The number of nitro groups is 1. The molecule has 0 saturated heterocycles. The molecule has 6 heteroatoms. The third kappa shape index (κ3) is 3.02. The largest absolute Gasteiger partial charge is 0.358 e. The Hall–Kier alpha value is -1.04. The number of aryl methyl sites for hydroxylation is 1. The molecule has 1 heterocycles. The zero-order valence-electron chi connectivity index (χ0n) is 8.05. The summed E-state index contributed by atoms with van der Waals surface area (Å²) in [6.07, 6.45) is 3.73. The van der Waals surface area contributed by atoms with Crippen molar-refractivity contribution in [3.8, 4) is 0 Å². The second-order valence-electron chi connectivity index (χ2n) is 2.75. The first-order valence-electron chi connectivity index (χ1n) is 4.48. The molecule has 0 fully saturated rings. The standard InChI is InChI=1S/C8H13N3O2S/c1-2-14-5-3-4-10-7-9-6-8(10)11(12)13/h6-7H,2-5H2,1H3. The lowest BCUT2D eigenvalue weighted by molar-refractivity contribution is -0.392. The van der Waals surface area contributed by atoms with Crippen molar-refractivity contribution in [3.63, 3.8) is 0 Å². The van der Waals surface area contributed by atoms with Crippen LogP contribution < -0.4 is 0 Å². The van der Waals surface area contributed by atoms with Crippen LogP contribution in [0.4, 0.5) is 5.82 Å². The van der Waals surface area contributed by atoms with E-state index in [0.29, 0.717) is 6.54 Å². The molecular formula is C8H13N3O2S. The summed E-state index contributed by atoms with van der Waals surface area (Å²) in [4.78, 5) is 13.9. The van der Waals surface area contributed by atoms with E-state index in [1.165, 1.54) is 12.5 Å². The van der Waals surface area contributed by atoms with E-state index in [2.05, 4.69) is 11.9 Å². The van der Waals surface area contributed by atoms with Crippen molar-refractivity contribution >= 4 is 17.6 Å². The number of imidazole rings is 1. The molecule has 1 aromatic heterocycles. The maximum Gasteiger partial charge on any atom is 0.342 e. The Labute approximate surface area is 86.7 Å². The van der Waals surface area contributed by atoms with Crippen molar-refractivity contribution in [1.82, 2.24) is 9.55 Å². The summed E-state index contributed by atoms with van der Waals surface area (Å²) in [5, 5.41) is 10.5. The normalized spacial score (nSPS) is 10.4. The molecule has 0 atom stereocenters. The van der Waals surface area contributed by atoms with Crippen LogP contribution in [0.1, 0.15) is 13.3 Å². The van der Waals surface area contributed by atoms with Gasteiger partial charge in [-0.25, -0.2) is 9.55 Å². The van der Waals surface area contributed by atoms with Crippen molar-refractivity contribution in [2.45, 2.75) is 19.9 Å². The van der Waals surface area contributed by atoms with Gasteiger partial charge in [0, 0.05) is 0 Å². The van der Waals surface area contributed by atoms with Crippen molar-refractivity contribution in [3.05, 3.63) is 22.6 Å². The van der Waals surface area contributed by atoms with Gasteiger partial charge in [0.2, 0.25) is 0 Å². The summed E-state index contributed by atoms with van der Waals surface area (Å²) in [5.41, 5.74) is 0. The molecule has 0 aliphatic carbocycles. The Morgan fingerprint density at radius 2 is 2.50 bits per heavy atom.